The van der Waals surface area contributed by atoms with Gasteiger partial charge in [-0.05, 0) is 46.6 Å². The smallest absolute Gasteiger partial charge is 0.244 e. The van der Waals surface area contributed by atoms with Gasteiger partial charge in [0.15, 0.2) is 0 Å². The summed E-state index contributed by atoms with van der Waals surface area (Å²) in [6, 6.07) is 6.86. The van der Waals surface area contributed by atoms with Gasteiger partial charge in [0.05, 0.1) is 11.2 Å². The van der Waals surface area contributed by atoms with Gasteiger partial charge in [0.2, 0.25) is 10.0 Å². The predicted molar refractivity (Wildman–Crippen MR) is 84.1 cm³/mol. The predicted octanol–water partition coefficient (Wildman–Crippen LogP) is 2.63. The molecule has 2 N–H and O–H groups in total. The van der Waals surface area contributed by atoms with Crippen molar-refractivity contribution in [1.29, 1.82) is 0 Å². The van der Waals surface area contributed by atoms with E-state index >= 15 is 0 Å². The van der Waals surface area contributed by atoms with Gasteiger partial charge in [0.25, 0.3) is 0 Å². The van der Waals surface area contributed by atoms with Gasteiger partial charge in [0, 0.05) is 30.2 Å². The molecule has 1 aromatic carbocycles. The highest BCUT2D eigenvalue weighted by Gasteiger charge is 2.24. The van der Waals surface area contributed by atoms with Crippen LogP contribution in [0.3, 0.4) is 0 Å². The van der Waals surface area contributed by atoms with Crippen LogP contribution in [0.1, 0.15) is 16.9 Å². The number of hydrogen-bond acceptors (Lipinski definition) is 4. The second kappa shape index (κ2) is 6.31. The van der Waals surface area contributed by atoms with E-state index in [4.69, 9.17) is 10.2 Å². The van der Waals surface area contributed by atoms with Crippen LogP contribution in [-0.2, 0) is 23.1 Å². The first-order valence-electron chi connectivity index (χ1n) is 6.34. The van der Waals surface area contributed by atoms with Gasteiger partial charge in [-0.1, -0.05) is 6.07 Å². The average molecular weight is 373 g/mol. The van der Waals surface area contributed by atoms with Gasteiger partial charge < -0.3 is 10.2 Å². The SMILES string of the molecule is Cc1occc1CN(C)S(=O)(=O)c1cc(CN)ccc1Br. The van der Waals surface area contributed by atoms with Crippen LogP contribution in [-0.4, -0.2) is 19.8 Å². The third-order valence-electron chi connectivity index (χ3n) is 3.28. The minimum Gasteiger partial charge on any atom is -0.469 e. The molecule has 5 nitrogen and oxygen atoms in total. The quantitative estimate of drug-likeness (QED) is 0.874. The maximum atomic E-state index is 12.7. The van der Waals surface area contributed by atoms with Gasteiger partial charge in [-0.2, -0.15) is 4.31 Å². The molecule has 114 valence electrons. The number of furan rings is 1. The lowest BCUT2D eigenvalue weighted by molar-refractivity contribution is 0.458. The molecule has 2 rings (SSSR count). The Bertz CT molecular complexity index is 740. The van der Waals surface area contributed by atoms with E-state index in [9.17, 15) is 8.42 Å². The number of aryl methyl sites for hydroxylation is 1. The molecule has 0 fully saturated rings. The topological polar surface area (TPSA) is 76.5 Å². The summed E-state index contributed by atoms with van der Waals surface area (Å²) < 4.78 is 32.4. The summed E-state index contributed by atoms with van der Waals surface area (Å²) >= 11 is 3.29. The molecule has 0 saturated carbocycles. The summed E-state index contributed by atoms with van der Waals surface area (Å²) in [5.41, 5.74) is 7.19. The molecule has 1 aromatic heterocycles. The van der Waals surface area contributed by atoms with Crippen LogP contribution in [0.25, 0.3) is 0 Å². The lowest BCUT2D eigenvalue weighted by Gasteiger charge is -2.18. The number of halogens is 1. The van der Waals surface area contributed by atoms with E-state index in [1.165, 1.54) is 4.31 Å². The Hall–Kier alpha value is -1.15. The normalized spacial score (nSPS) is 12.0. The van der Waals surface area contributed by atoms with Crippen LogP contribution in [0.15, 0.2) is 44.3 Å². The number of sulfonamides is 1. The molecule has 0 aliphatic rings. The lowest BCUT2D eigenvalue weighted by atomic mass is 10.2. The zero-order chi connectivity index (χ0) is 15.6. The van der Waals surface area contributed by atoms with Crippen LogP contribution in [0, 0.1) is 6.92 Å². The van der Waals surface area contributed by atoms with Gasteiger partial charge in [0.1, 0.15) is 5.76 Å². The van der Waals surface area contributed by atoms with E-state index in [-0.39, 0.29) is 11.4 Å². The maximum Gasteiger partial charge on any atom is 0.244 e. The largest absolute Gasteiger partial charge is 0.469 e. The molecule has 1 heterocycles. The molecule has 0 amide bonds. The molecule has 0 bridgehead atoms. The Morgan fingerprint density at radius 2 is 2.05 bits per heavy atom. The molecule has 0 unspecified atom stereocenters. The van der Waals surface area contributed by atoms with Crippen molar-refractivity contribution in [3.63, 3.8) is 0 Å². The zero-order valence-corrected chi connectivity index (χ0v) is 14.2. The van der Waals surface area contributed by atoms with Crippen LogP contribution in [0.5, 0.6) is 0 Å². The summed E-state index contributed by atoms with van der Waals surface area (Å²) in [4.78, 5) is 0.217. The minimum atomic E-state index is -3.61. The Labute approximate surface area is 132 Å². The highest BCUT2D eigenvalue weighted by atomic mass is 79.9. The van der Waals surface area contributed by atoms with Crippen molar-refractivity contribution in [3.05, 3.63) is 51.9 Å². The molecule has 0 atom stereocenters. The van der Waals surface area contributed by atoms with Gasteiger partial charge in [-0.25, -0.2) is 8.42 Å². The van der Waals surface area contributed by atoms with Crippen LogP contribution in [0.4, 0.5) is 0 Å². The fourth-order valence-corrected chi connectivity index (χ4v) is 4.06. The van der Waals surface area contributed by atoms with E-state index in [1.54, 1.807) is 44.5 Å². The number of nitrogens with zero attached hydrogens (tertiary/aromatic N) is 1. The van der Waals surface area contributed by atoms with Gasteiger partial charge in [-0.15, -0.1) is 0 Å². The van der Waals surface area contributed by atoms with Crippen molar-refractivity contribution in [3.8, 4) is 0 Å². The molecule has 0 saturated heterocycles. The highest BCUT2D eigenvalue weighted by molar-refractivity contribution is 9.10. The van der Waals surface area contributed by atoms with Crippen molar-refractivity contribution < 1.29 is 12.8 Å². The van der Waals surface area contributed by atoms with E-state index in [0.29, 0.717) is 16.8 Å². The van der Waals surface area contributed by atoms with Crippen LogP contribution < -0.4 is 5.73 Å². The molecular formula is C14H17BrN2O3S. The Morgan fingerprint density at radius 1 is 1.33 bits per heavy atom. The number of rotatable bonds is 5. The molecule has 2 aromatic rings. The molecule has 7 heteroatoms. The summed E-state index contributed by atoms with van der Waals surface area (Å²) in [6.07, 6.45) is 1.55. The fourth-order valence-electron chi connectivity index (χ4n) is 1.94. The molecule has 0 aliphatic heterocycles. The third-order valence-corrected chi connectivity index (χ3v) is 6.08. The third kappa shape index (κ3) is 3.37. The zero-order valence-electron chi connectivity index (χ0n) is 11.8. The first-order chi connectivity index (χ1) is 9.86. The number of nitrogens with two attached hydrogens (primary N) is 1. The Kier molecular flexibility index (Phi) is 4.88. The summed E-state index contributed by atoms with van der Waals surface area (Å²) in [6.45, 7) is 2.35. The summed E-state index contributed by atoms with van der Waals surface area (Å²) in [5, 5.41) is 0. The fraction of sp³-hybridized carbons (Fsp3) is 0.286. The van der Waals surface area contributed by atoms with Crippen LogP contribution in [0.2, 0.25) is 0 Å². The first-order valence-corrected chi connectivity index (χ1v) is 8.57. The minimum absolute atomic E-state index is 0.217. The average Bonchev–Trinajstić information content (AvgIpc) is 2.84. The summed E-state index contributed by atoms with van der Waals surface area (Å²) in [5.74, 6) is 0.715. The molecule has 0 radical (unpaired) electrons. The summed E-state index contributed by atoms with van der Waals surface area (Å²) in [7, 11) is -2.06. The highest BCUT2D eigenvalue weighted by Crippen LogP contribution is 2.27. The van der Waals surface area contributed by atoms with Crippen molar-refractivity contribution in [2.75, 3.05) is 7.05 Å². The molecule has 0 spiro atoms. The number of benzene rings is 1. The van der Waals surface area contributed by atoms with Gasteiger partial charge in [-0.3, -0.25) is 0 Å². The van der Waals surface area contributed by atoms with Gasteiger partial charge >= 0.3 is 0 Å². The van der Waals surface area contributed by atoms with Crippen molar-refractivity contribution in [1.82, 2.24) is 4.31 Å². The Morgan fingerprint density at radius 3 is 2.62 bits per heavy atom. The monoisotopic (exact) mass is 372 g/mol. The first kappa shape index (κ1) is 16.2. The molecule has 0 aliphatic carbocycles. The van der Waals surface area contributed by atoms with Crippen molar-refractivity contribution >= 4 is 26.0 Å². The second-order valence-electron chi connectivity index (χ2n) is 4.73. The standard InChI is InChI=1S/C14H17BrN2O3S/c1-10-12(5-6-20-10)9-17(2)21(18,19)14-7-11(8-16)3-4-13(14)15/h3-7H,8-9,16H2,1-2H3. The van der Waals surface area contributed by atoms with E-state index in [1.807, 2.05) is 0 Å². The maximum absolute atomic E-state index is 12.7. The van der Waals surface area contributed by atoms with Crippen molar-refractivity contribution in [2.24, 2.45) is 5.73 Å². The van der Waals surface area contributed by atoms with E-state index in [2.05, 4.69) is 15.9 Å². The van der Waals surface area contributed by atoms with E-state index in [0.717, 1.165) is 11.1 Å². The second-order valence-corrected chi connectivity index (χ2v) is 7.60. The van der Waals surface area contributed by atoms with Crippen LogP contribution >= 0.6 is 15.9 Å². The van der Waals surface area contributed by atoms with Crippen molar-refractivity contribution in [2.45, 2.75) is 24.9 Å². The molecule has 21 heavy (non-hydrogen) atoms. The lowest BCUT2D eigenvalue weighted by Crippen LogP contribution is -2.27. The van der Waals surface area contributed by atoms with E-state index < -0.39 is 10.0 Å². The Balaban J connectivity index is 2.35. The number of hydrogen-bond donors (Lipinski definition) is 1. The molecular weight excluding hydrogens is 356 g/mol.